The van der Waals surface area contributed by atoms with E-state index in [-0.39, 0.29) is 11.5 Å². The Morgan fingerprint density at radius 2 is 1.92 bits per heavy atom. The van der Waals surface area contributed by atoms with Crippen LogP contribution in [0.4, 0.5) is 5.82 Å². The Labute approximate surface area is 210 Å². The van der Waals surface area contributed by atoms with Crippen molar-refractivity contribution in [1.82, 2.24) is 10.3 Å². The van der Waals surface area contributed by atoms with Gasteiger partial charge in [0.15, 0.2) is 0 Å². The van der Waals surface area contributed by atoms with Crippen LogP contribution in [0.25, 0.3) is 11.0 Å². The first-order valence-corrected chi connectivity index (χ1v) is 12.6. The summed E-state index contributed by atoms with van der Waals surface area (Å²) in [7, 11) is -0.685. The summed E-state index contributed by atoms with van der Waals surface area (Å²) in [4.78, 5) is 29.7. The first-order valence-electron chi connectivity index (χ1n) is 12.6. The number of para-hydroxylation sites is 1. The summed E-state index contributed by atoms with van der Waals surface area (Å²) in [6.07, 6.45) is 5.67. The fourth-order valence-corrected chi connectivity index (χ4v) is 6.56. The van der Waals surface area contributed by atoms with E-state index in [4.69, 9.17) is 13.7 Å². The minimum Gasteiger partial charge on any atom is -0.464 e. The first kappa shape index (κ1) is 23.2. The molecule has 2 amide bonds. The third-order valence-electron chi connectivity index (χ3n) is 8.73. The zero-order valence-corrected chi connectivity index (χ0v) is 20.7. The van der Waals surface area contributed by atoms with Crippen molar-refractivity contribution in [2.45, 2.75) is 57.7 Å². The Bertz CT molecular complexity index is 1310. The van der Waals surface area contributed by atoms with Gasteiger partial charge in [-0.05, 0) is 67.2 Å². The van der Waals surface area contributed by atoms with E-state index < -0.39 is 30.5 Å². The average molecular weight is 487 g/mol. The molecule has 0 spiro atoms. The molecule has 3 aromatic rings. The molecule has 1 aliphatic heterocycles. The summed E-state index contributed by atoms with van der Waals surface area (Å²) in [5.74, 6) is -0.842. The maximum absolute atomic E-state index is 13.0. The van der Waals surface area contributed by atoms with Gasteiger partial charge in [0, 0.05) is 11.6 Å². The second kappa shape index (κ2) is 8.45. The predicted molar refractivity (Wildman–Crippen MR) is 135 cm³/mol. The number of amides is 2. The van der Waals surface area contributed by atoms with Gasteiger partial charge in [-0.25, -0.2) is 4.98 Å². The van der Waals surface area contributed by atoms with Crippen LogP contribution in [0.2, 0.25) is 0 Å². The van der Waals surface area contributed by atoms with Crippen molar-refractivity contribution >= 4 is 35.7 Å². The number of anilines is 1. The van der Waals surface area contributed by atoms with E-state index in [1.807, 2.05) is 24.3 Å². The number of hydrogen-bond acceptors (Lipinski definition) is 6. The number of aromatic nitrogens is 1. The van der Waals surface area contributed by atoms with Gasteiger partial charge in [0.2, 0.25) is 0 Å². The Kier molecular flexibility index (Phi) is 5.46. The second-order valence-electron chi connectivity index (χ2n) is 11.0. The highest BCUT2D eigenvalue weighted by Gasteiger charge is 2.68. The molecule has 3 heterocycles. The first-order chi connectivity index (χ1) is 17.3. The van der Waals surface area contributed by atoms with E-state index in [1.54, 1.807) is 30.7 Å². The van der Waals surface area contributed by atoms with Crippen LogP contribution in [0, 0.1) is 17.3 Å². The summed E-state index contributed by atoms with van der Waals surface area (Å²) < 4.78 is 18.8. The van der Waals surface area contributed by atoms with Gasteiger partial charge < -0.3 is 24.4 Å². The highest BCUT2D eigenvalue weighted by molar-refractivity contribution is 6.49. The molecule has 186 valence electrons. The van der Waals surface area contributed by atoms with E-state index in [2.05, 4.69) is 36.4 Å². The van der Waals surface area contributed by atoms with Crippen molar-refractivity contribution in [2.24, 2.45) is 17.3 Å². The third kappa shape index (κ3) is 3.73. The molecule has 7 rings (SSSR count). The zero-order valence-electron chi connectivity index (χ0n) is 20.7. The SMILES string of the molecule is CC1(C)[C@@H]2C[C@H]3OB([C@H](Cc4coc5ccccc45)NC(=O)C(=O)Nc4ccccn4)O[C@@]3(C)[C@H]1C2. The van der Waals surface area contributed by atoms with Crippen molar-refractivity contribution in [2.75, 3.05) is 5.32 Å². The molecule has 1 saturated heterocycles. The molecule has 0 unspecified atom stereocenters. The molecule has 8 nitrogen and oxygen atoms in total. The van der Waals surface area contributed by atoms with Crippen molar-refractivity contribution in [1.29, 1.82) is 0 Å². The quantitative estimate of drug-likeness (QED) is 0.420. The molecular weight excluding hydrogens is 457 g/mol. The standard InChI is InChI=1S/C27H30BN3O5/c1-26(2)17-13-20(26)27(3)21(14-17)35-28(36-27)22(12-16-15-34-19-9-5-4-8-18(16)19)30-24(32)25(33)31-23-10-6-7-11-29-23/h4-11,15,17,20-22H,12-14H2,1-3H3,(H,30,32)(H,29,31,33)/t17-,20-,21+,22-,27-/m0/s1. The molecule has 2 N–H and O–H groups in total. The number of nitrogens with one attached hydrogen (secondary N) is 2. The van der Waals surface area contributed by atoms with Gasteiger partial charge >= 0.3 is 18.9 Å². The number of fused-ring (bicyclic) bond motifs is 1. The van der Waals surface area contributed by atoms with Crippen LogP contribution in [0.5, 0.6) is 0 Å². The van der Waals surface area contributed by atoms with E-state index in [0.29, 0.717) is 24.1 Å². The number of rotatable bonds is 5. The predicted octanol–water partition coefficient (Wildman–Crippen LogP) is 3.76. The fourth-order valence-electron chi connectivity index (χ4n) is 6.56. The van der Waals surface area contributed by atoms with Gasteiger partial charge in [-0.15, -0.1) is 0 Å². The second-order valence-corrected chi connectivity index (χ2v) is 11.0. The number of pyridine rings is 1. The van der Waals surface area contributed by atoms with Crippen molar-refractivity contribution < 1.29 is 23.3 Å². The molecular formula is C27H30BN3O5. The number of furan rings is 1. The molecule has 5 atom stereocenters. The molecule has 3 saturated carbocycles. The molecule has 1 aromatic carbocycles. The van der Waals surface area contributed by atoms with Crippen LogP contribution >= 0.6 is 0 Å². The van der Waals surface area contributed by atoms with Crippen LogP contribution in [-0.4, -0.2) is 41.6 Å². The van der Waals surface area contributed by atoms with Gasteiger partial charge in [0.05, 0.1) is 23.9 Å². The average Bonchev–Trinajstić information content (AvgIpc) is 3.44. The van der Waals surface area contributed by atoms with Gasteiger partial charge in [0.1, 0.15) is 11.4 Å². The third-order valence-corrected chi connectivity index (χ3v) is 8.73. The Balaban J connectivity index is 1.25. The van der Waals surface area contributed by atoms with Gasteiger partial charge in [0.25, 0.3) is 0 Å². The number of carbonyl (C=O) groups excluding carboxylic acids is 2. The Morgan fingerprint density at radius 1 is 1.11 bits per heavy atom. The summed E-state index contributed by atoms with van der Waals surface area (Å²) in [6, 6.07) is 12.9. The Morgan fingerprint density at radius 3 is 2.69 bits per heavy atom. The van der Waals surface area contributed by atoms with Crippen LogP contribution in [0.15, 0.2) is 59.3 Å². The summed E-state index contributed by atoms with van der Waals surface area (Å²) in [5.41, 5.74) is 1.45. The van der Waals surface area contributed by atoms with Gasteiger partial charge in [-0.3, -0.25) is 9.59 Å². The molecule has 4 aliphatic rings. The van der Waals surface area contributed by atoms with E-state index in [1.165, 1.54) is 0 Å². The largest absolute Gasteiger partial charge is 0.482 e. The lowest BCUT2D eigenvalue weighted by Gasteiger charge is -2.64. The fraction of sp³-hybridized carbons (Fsp3) is 0.444. The molecule has 2 aromatic heterocycles. The lowest BCUT2D eigenvalue weighted by molar-refractivity contribution is -0.199. The molecule has 4 fully saturated rings. The lowest BCUT2D eigenvalue weighted by Crippen LogP contribution is -2.65. The van der Waals surface area contributed by atoms with Crippen LogP contribution < -0.4 is 10.6 Å². The lowest BCUT2D eigenvalue weighted by atomic mass is 9.43. The van der Waals surface area contributed by atoms with Crippen molar-refractivity contribution in [3.8, 4) is 0 Å². The number of hydrogen-bond donors (Lipinski definition) is 2. The molecule has 2 bridgehead atoms. The van der Waals surface area contributed by atoms with Gasteiger partial charge in [-0.1, -0.05) is 38.1 Å². The monoisotopic (exact) mass is 487 g/mol. The van der Waals surface area contributed by atoms with Gasteiger partial charge in [-0.2, -0.15) is 0 Å². The zero-order chi connectivity index (χ0) is 25.1. The van der Waals surface area contributed by atoms with E-state index >= 15 is 0 Å². The number of carbonyl (C=O) groups is 2. The number of nitrogens with zero attached hydrogens (tertiary/aromatic N) is 1. The minimum absolute atomic E-state index is 0.0397. The highest BCUT2D eigenvalue weighted by Crippen LogP contribution is 2.65. The molecule has 9 heteroatoms. The molecule has 36 heavy (non-hydrogen) atoms. The van der Waals surface area contributed by atoms with Crippen LogP contribution in [-0.2, 0) is 25.3 Å². The maximum Gasteiger partial charge on any atom is 0.482 e. The van der Waals surface area contributed by atoms with Crippen molar-refractivity contribution in [3.63, 3.8) is 0 Å². The summed E-state index contributed by atoms with van der Waals surface area (Å²) in [5, 5.41) is 6.39. The summed E-state index contributed by atoms with van der Waals surface area (Å²) >= 11 is 0. The maximum atomic E-state index is 13.0. The summed E-state index contributed by atoms with van der Waals surface area (Å²) in [6.45, 7) is 6.75. The van der Waals surface area contributed by atoms with Crippen LogP contribution in [0.3, 0.4) is 0 Å². The molecule has 3 aliphatic carbocycles. The van der Waals surface area contributed by atoms with Crippen molar-refractivity contribution in [3.05, 3.63) is 60.5 Å². The highest BCUT2D eigenvalue weighted by atomic mass is 16.7. The smallest absolute Gasteiger partial charge is 0.464 e. The van der Waals surface area contributed by atoms with Crippen LogP contribution in [0.1, 0.15) is 39.2 Å². The number of benzene rings is 1. The van der Waals surface area contributed by atoms with E-state index in [9.17, 15) is 9.59 Å². The normalized spacial score (nSPS) is 28.8. The minimum atomic E-state index is -0.791. The van der Waals surface area contributed by atoms with E-state index in [0.717, 1.165) is 29.4 Å². The topological polar surface area (TPSA) is 103 Å². The molecule has 0 radical (unpaired) electrons. The Hall–Kier alpha value is -3.17.